The van der Waals surface area contributed by atoms with Gasteiger partial charge in [-0.2, -0.15) is 5.10 Å². The van der Waals surface area contributed by atoms with E-state index < -0.39 is 0 Å². The molecule has 6 heteroatoms. The predicted octanol–water partition coefficient (Wildman–Crippen LogP) is 1.14. The van der Waals surface area contributed by atoms with Crippen molar-refractivity contribution in [1.29, 1.82) is 0 Å². The molecule has 2 aromatic rings. The first kappa shape index (κ1) is 9.45. The van der Waals surface area contributed by atoms with E-state index in [0.29, 0.717) is 23.7 Å². The minimum atomic E-state index is -0.349. The van der Waals surface area contributed by atoms with E-state index in [4.69, 9.17) is 5.73 Å². The Bertz CT molecular complexity index is 440. The van der Waals surface area contributed by atoms with Crippen molar-refractivity contribution in [3.63, 3.8) is 0 Å². The molecule has 0 amide bonds. The average Bonchev–Trinajstić information content (AvgIpc) is 2.69. The van der Waals surface area contributed by atoms with Crippen molar-refractivity contribution in [3.05, 3.63) is 36.2 Å². The highest BCUT2D eigenvalue weighted by atomic mass is 19.1. The molecule has 15 heavy (non-hydrogen) atoms. The van der Waals surface area contributed by atoms with Gasteiger partial charge in [-0.1, -0.05) is 0 Å². The Morgan fingerprint density at radius 2 is 2.33 bits per heavy atom. The zero-order valence-corrected chi connectivity index (χ0v) is 7.87. The number of nitrogens with zero attached hydrogens (tertiary/aromatic N) is 2. The van der Waals surface area contributed by atoms with Gasteiger partial charge in [-0.25, -0.2) is 9.37 Å². The van der Waals surface area contributed by atoms with Crippen molar-refractivity contribution in [1.82, 2.24) is 15.2 Å². The standard InChI is InChI=1S/C9H10FN5/c10-6-1-2-8(7(11)3-6)12-4-9-13-5-14-15-9/h1-3,5,12H,4,11H2,(H,13,14,15). The third-order valence-electron chi connectivity index (χ3n) is 1.92. The fourth-order valence-electron chi connectivity index (χ4n) is 1.19. The molecule has 0 fully saturated rings. The van der Waals surface area contributed by atoms with Crippen LogP contribution >= 0.6 is 0 Å². The van der Waals surface area contributed by atoms with Crippen LogP contribution in [0.3, 0.4) is 0 Å². The lowest BCUT2D eigenvalue weighted by Crippen LogP contribution is -2.04. The van der Waals surface area contributed by atoms with Crippen LogP contribution in [0.4, 0.5) is 15.8 Å². The van der Waals surface area contributed by atoms with Crippen molar-refractivity contribution in [2.45, 2.75) is 6.54 Å². The highest BCUT2D eigenvalue weighted by Gasteiger charge is 2.01. The molecule has 78 valence electrons. The average molecular weight is 207 g/mol. The van der Waals surface area contributed by atoms with E-state index in [9.17, 15) is 4.39 Å². The minimum Gasteiger partial charge on any atom is -0.397 e. The minimum absolute atomic E-state index is 0.349. The quantitative estimate of drug-likeness (QED) is 0.659. The molecule has 0 spiro atoms. The second-order valence-electron chi connectivity index (χ2n) is 3.02. The lowest BCUT2D eigenvalue weighted by molar-refractivity contribution is 0.628. The van der Waals surface area contributed by atoms with Gasteiger partial charge < -0.3 is 11.1 Å². The molecule has 5 nitrogen and oxygen atoms in total. The first-order valence-corrected chi connectivity index (χ1v) is 4.39. The number of rotatable bonds is 3. The number of aromatic amines is 1. The first-order chi connectivity index (χ1) is 7.25. The molecule has 0 bridgehead atoms. The number of hydrogen-bond acceptors (Lipinski definition) is 4. The number of benzene rings is 1. The van der Waals surface area contributed by atoms with Crippen LogP contribution in [0.1, 0.15) is 5.82 Å². The zero-order valence-electron chi connectivity index (χ0n) is 7.87. The molecule has 0 saturated carbocycles. The highest BCUT2D eigenvalue weighted by Crippen LogP contribution is 2.19. The van der Waals surface area contributed by atoms with Gasteiger partial charge in [0.25, 0.3) is 0 Å². The maximum atomic E-state index is 12.7. The number of H-pyrrole nitrogens is 1. The second kappa shape index (κ2) is 3.95. The zero-order chi connectivity index (χ0) is 10.7. The third kappa shape index (κ3) is 2.22. The number of nitrogens with two attached hydrogens (primary N) is 1. The molecule has 0 unspecified atom stereocenters. The molecule has 1 aromatic carbocycles. The van der Waals surface area contributed by atoms with Gasteiger partial charge in [-0.05, 0) is 18.2 Å². The Hall–Kier alpha value is -2.11. The number of hydrogen-bond donors (Lipinski definition) is 3. The normalized spacial score (nSPS) is 10.2. The number of anilines is 2. The van der Waals surface area contributed by atoms with Gasteiger partial charge >= 0.3 is 0 Å². The SMILES string of the molecule is Nc1cc(F)ccc1NCc1ncn[nH]1. The van der Waals surface area contributed by atoms with Crippen molar-refractivity contribution in [3.8, 4) is 0 Å². The Kier molecular flexibility index (Phi) is 2.49. The van der Waals surface area contributed by atoms with Crippen LogP contribution in [0.2, 0.25) is 0 Å². The van der Waals surface area contributed by atoms with Crippen molar-refractivity contribution >= 4 is 11.4 Å². The molecule has 2 rings (SSSR count). The summed E-state index contributed by atoms with van der Waals surface area (Å²) in [6, 6.07) is 4.20. The summed E-state index contributed by atoms with van der Waals surface area (Å²) in [4.78, 5) is 3.93. The first-order valence-electron chi connectivity index (χ1n) is 4.39. The van der Waals surface area contributed by atoms with Crippen LogP contribution in [-0.2, 0) is 6.54 Å². The van der Waals surface area contributed by atoms with Gasteiger partial charge in [0.15, 0.2) is 0 Å². The van der Waals surface area contributed by atoms with Crippen LogP contribution in [0.15, 0.2) is 24.5 Å². The molecule has 0 aliphatic carbocycles. The smallest absolute Gasteiger partial charge is 0.143 e. The van der Waals surface area contributed by atoms with Gasteiger partial charge in [0.05, 0.1) is 17.9 Å². The van der Waals surface area contributed by atoms with E-state index in [1.54, 1.807) is 6.07 Å². The van der Waals surface area contributed by atoms with E-state index in [1.807, 2.05) is 0 Å². The number of aromatic nitrogens is 3. The molecule has 0 aliphatic heterocycles. The summed E-state index contributed by atoms with van der Waals surface area (Å²) in [5.74, 6) is 0.344. The molecular formula is C9H10FN5. The van der Waals surface area contributed by atoms with Crippen molar-refractivity contribution < 1.29 is 4.39 Å². The molecular weight excluding hydrogens is 197 g/mol. The van der Waals surface area contributed by atoms with Crippen molar-refractivity contribution in [2.24, 2.45) is 0 Å². The molecule has 0 atom stereocenters. The monoisotopic (exact) mass is 207 g/mol. The van der Waals surface area contributed by atoms with E-state index >= 15 is 0 Å². The van der Waals surface area contributed by atoms with E-state index in [0.717, 1.165) is 0 Å². The number of halogens is 1. The maximum absolute atomic E-state index is 12.7. The summed E-state index contributed by atoms with van der Waals surface area (Å²) in [6.07, 6.45) is 1.42. The summed E-state index contributed by atoms with van der Waals surface area (Å²) in [7, 11) is 0. The van der Waals surface area contributed by atoms with Crippen LogP contribution < -0.4 is 11.1 Å². The lowest BCUT2D eigenvalue weighted by Gasteiger charge is -2.07. The van der Waals surface area contributed by atoms with Gasteiger partial charge in [-0.15, -0.1) is 0 Å². The van der Waals surface area contributed by atoms with E-state index in [2.05, 4.69) is 20.5 Å². The van der Waals surface area contributed by atoms with E-state index in [-0.39, 0.29) is 5.82 Å². The van der Waals surface area contributed by atoms with Gasteiger partial charge in [0.1, 0.15) is 18.0 Å². The molecule has 0 saturated heterocycles. The molecule has 1 aromatic heterocycles. The summed E-state index contributed by atoms with van der Waals surface area (Å²) < 4.78 is 12.7. The second-order valence-corrected chi connectivity index (χ2v) is 3.02. The Labute approximate surface area is 85.5 Å². The molecule has 0 radical (unpaired) electrons. The Morgan fingerprint density at radius 3 is 3.00 bits per heavy atom. The van der Waals surface area contributed by atoms with Gasteiger partial charge in [-0.3, -0.25) is 5.10 Å². The maximum Gasteiger partial charge on any atom is 0.143 e. The molecule has 0 aliphatic rings. The van der Waals surface area contributed by atoms with Crippen LogP contribution in [-0.4, -0.2) is 15.2 Å². The highest BCUT2D eigenvalue weighted by molar-refractivity contribution is 5.65. The molecule has 1 heterocycles. The summed E-state index contributed by atoms with van der Waals surface area (Å²) in [6.45, 7) is 0.468. The van der Waals surface area contributed by atoms with Crippen LogP contribution in [0, 0.1) is 5.82 Å². The number of nitrogen functional groups attached to an aromatic ring is 1. The number of nitrogens with one attached hydrogen (secondary N) is 2. The largest absolute Gasteiger partial charge is 0.397 e. The fourth-order valence-corrected chi connectivity index (χ4v) is 1.19. The predicted molar refractivity (Wildman–Crippen MR) is 54.5 cm³/mol. The Balaban J connectivity index is 2.05. The Morgan fingerprint density at radius 1 is 1.47 bits per heavy atom. The van der Waals surface area contributed by atoms with Crippen LogP contribution in [0.25, 0.3) is 0 Å². The van der Waals surface area contributed by atoms with E-state index in [1.165, 1.54) is 18.5 Å². The topological polar surface area (TPSA) is 79.6 Å². The summed E-state index contributed by atoms with van der Waals surface area (Å²) >= 11 is 0. The fraction of sp³-hybridized carbons (Fsp3) is 0.111. The third-order valence-corrected chi connectivity index (χ3v) is 1.92. The van der Waals surface area contributed by atoms with Crippen molar-refractivity contribution in [2.75, 3.05) is 11.1 Å². The summed E-state index contributed by atoms with van der Waals surface area (Å²) in [5.41, 5.74) is 6.66. The van der Waals surface area contributed by atoms with Crippen LogP contribution in [0.5, 0.6) is 0 Å². The molecule has 4 N–H and O–H groups in total. The van der Waals surface area contributed by atoms with Gasteiger partial charge in [0.2, 0.25) is 0 Å². The van der Waals surface area contributed by atoms with Gasteiger partial charge in [0, 0.05) is 0 Å². The lowest BCUT2D eigenvalue weighted by atomic mass is 10.2. The summed E-state index contributed by atoms with van der Waals surface area (Å²) in [5, 5.41) is 9.42.